The molecular weight excluding hydrogens is 605 g/mol. The molecule has 1 saturated carbocycles. The van der Waals surface area contributed by atoms with Gasteiger partial charge in [0.25, 0.3) is 0 Å². The van der Waals surface area contributed by atoms with E-state index in [1.807, 2.05) is 13.8 Å². The first-order valence-corrected chi connectivity index (χ1v) is 18.8. The van der Waals surface area contributed by atoms with Crippen LogP contribution in [0.3, 0.4) is 0 Å². The second kappa shape index (κ2) is 15.8. The lowest BCUT2D eigenvalue weighted by Gasteiger charge is -2.39. The zero-order valence-electron chi connectivity index (χ0n) is 31.0. The fraction of sp³-hybridized carbons (Fsp3) is 0.292. The molecular formula is C48H54N2. The smallest absolute Gasteiger partial charge is 0.0461 e. The normalized spacial score (nSPS) is 16.5. The van der Waals surface area contributed by atoms with Crippen molar-refractivity contribution in [1.82, 2.24) is 0 Å². The van der Waals surface area contributed by atoms with Crippen LogP contribution in [-0.4, -0.2) is 0 Å². The summed E-state index contributed by atoms with van der Waals surface area (Å²) in [6, 6.07) is 45.6. The molecule has 2 nitrogen and oxygen atoms in total. The van der Waals surface area contributed by atoms with E-state index in [1.165, 1.54) is 94.1 Å². The summed E-state index contributed by atoms with van der Waals surface area (Å²) >= 11 is 0. The Morgan fingerprint density at radius 2 is 0.840 bits per heavy atom. The molecule has 2 heteroatoms. The summed E-state index contributed by atoms with van der Waals surface area (Å²) in [7, 11) is 0. The van der Waals surface area contributed by atoms with Crippen LogP contribution in [-0.2, 0) is 5.41 Å². The minimum absolute atomic E-state index is 0.0159. The molecule has 5 aromatic carbocycles. The Balaban J connectivity index is 0.00000212. The fourth-order valence-corrected chi connectivity index (χ4v) is 7.62. The van der Waals surface area contributed by atoms with Crippen LogP contribution in [0.4, 0.5) is 28.4 Å². The Bertz CT molecular complexity index is 1830. The van der Waals surface area contributed by atoms with Gasteiger partial charge in [-0.15, -0.1) is 0 Å². The van der Waals surface area contributed by atoms with Gasteiger partial charge in [0.1, 0.15) is 0 Å². The molecule has 0 bridgehead atoms. The standard InChI is InChI=1S/C46H48N2.C2H6/c1-34-8-20-40(21-9-34)47(41-22-10-35(2)11-23-41)44-28-16-38(17-29-44)46(32-6-5-7-33-46)39-18-30-45(31-19-39)48(42-24-12-36(3)13-25-42)43-26-14-37(4)15-27-43;1-2/h8-14,16-31,37H,5-7,15,32-33H2,1-4H3;1-2H3. The molecule has 1 atom stereocenters. The van der Waals surface area contributed by atoms with Crippen molar-refractivity contribution < 1.29 is 0 Å². The topological polar surface area (TPSA) is 6.48 Å². The Hall–Kier alpha value is -4.82. The molecule has 0 aliphatic heterocycles. The van der Waals surface area contributed by atoms with Crippen molar-refractivity contribution in [3.63, 3.8) is 0 Å². The van der Waals surface area contributed by atoms with Crippen molar-refractivity contribution >= 4 is 28.4 Å². The number of rotatable bonds is 8. The van der Waals surface area contributed by atoms with Crippen LogP contribution in [0.2, 0.25) is 0 Å². The van der Waals surface area contributed by atoms with Gasteiger partial charge >= 0.3 is 0 Å². The average Bonchev–Trinajstić information content (AvgIpc) is 3.16. The minimum atomic E-state index is 0.0159. The summed E-state index contributed by atoms with van der Waals surface area (Å²) in [6.45, 7) is 12.7. The Morgan fingerprint density at radius 3 is 1.20 bits per heavy atom. The zero-order chi connectivity index (χ0) is 35.1. The van der Waals surface area contributed by atoms with Crippen molar-refractivity contribution in [3.05, 3.63) is 173 Å². The van der Waals surface area contributed by atoms with E-state index in [2.05, 4.69) is 177 Å². The molecule has 0 radical (unpaired) electrons. The predicted octanol–water partition coefficient (Wildman–Crippen LogP) is 14.0. The van der Waals surface area contributed by atoms with Gasteiger partial charge in [-0.25, -0.2) is 0 Å². The number of hydrogen-bond acceptors (Lipinski definition) is 2. The van der Waals surface area contributed by atoms with Crippen molar-refractivity contribution in [2.24, 2.45) is 5.92 Å². The molecule has 0 aromatic heterocycles. The lowest BCUT2D eigenvalue weighted by Crippen LogP contribution is -2.30. The van der Waals surface area contributed by atoms with Gasteiger partial charge in [0, 0.05) is 39.5 Å². The quantitative estimate of drug-likeness (QED) is 0.164. The molecule has 5 aromatic rings. The van der Waals surface area contributed by atoms with Gasteiger partial charge in [0.2, 0.25) is 0 Å². The Labute approximate surface area is 301 Å². The molecule has 1 fully saturated rings. The van der Waals surface area contributed by atoms with E-state index in [9.17, 15) is 0 Å². The molecule has 0 heterocycles. The largest absolute Gasteiger partial charge is 0.311 e. The van der Waals surface area contributed by atoms with Gasteiger partial charge in [-0.05, 0) is 124 Å². The van der Waals surface area contributed by atoms with Crippen LogP contribution in [0.25, 0.3) is 0 Å². The summed E-state index contributed by atoms with van der Waals surface area (Å²) in [5, 5.41) is 0. The molecule has 0 spiro atoms. The van der Waals surface area contributed by atoms with Gasteiger partial charge in [0.05, 0.1) is 0 Å². The van der Waals surface area contributed by atoms with E-state index in [1.54, 1.807) is 0 Å². The first kappa shape index (κ1) is 35.0. The van der Waals surface area contributed by atoms with Crippen LogP contribution >= 0.6 is 0 Å². The van der Waals surface area contributed by atoms with E-state index in [-0.39, 0.29) is 5.41 Å². The summed E-state index contributed by atoms with van der Waals surface area (Å²) < 4.78 is 0. The first-order chi connectivity index (χ1) is 24.4. The highest BCUT2D eigenvalue weighted by molar-refractivity contribution is 5.77. The number of nitrogens with zero attached hydrogens (tertiary/aromatic N) is 2. The number of aryl methyl sites for hydroxylation is 3. The summed E-state index contributed by atoms with van der Waals surface area (Å²) in [5.74, 6) is 0.578. The summed E-state index contributed by atoms with van der Waals surface area (Å²) in [6.07, 6.45) is 14.3. The van der Waals surface area contributed by atoms with Gasteiger partial charge in [0.15, 0.2) is 0 Å². The van der Waals surface area contributed by atoms with Crippen molar-refractivity contribution in [2.75, 3.05) is 9.80 Å². The molecule has 50 heavy (non-hydrogen) atoms. The minimum Gasteiger partial charge on any atom is -0.311 e. The third-order valence-electron chi connectivity index (χ3n) is 10.5. The highest BCUT2D eigenvalue weighted by Gasteiger charge is 2.36. The molecule has 2 aliphatic rings. The van der Waals surface area contributed by atoms with Gasteiger partial charge in [-0.2, -0.15) is 0 Å². The zero-order valence-corrected chi connectivity index (χ0v) is 31.0. The van der Waals surface area contributed by atoms with E-state index >= 15 is 0 Å². The lowest BCUT2D eigenvalue weighted by atomic mass is 9.65. The summed E-state index contributed by atoms with van der Waals surface area (Å²) in [4.78, 5) is 4.79. The number of anilines is 5. The maximum Gasteiger partial charge on any atom is 0.0461 e. The van der Waals surface area contributed by atoms with E-state index in [0.29, 0.717) is 5.92 Å². The summed E-state index contributed by atoms with van der Waals surface area (Å²) in [5.41, 5.74) is 13.9. The molecule has 0 N–H and O–H groups in total. The van der Waals surface area contributed by atoms with E-state index in [4.69, 9.17) is 0 Å². The second-order valence-electron chi connectivity index (χ2n) is 14.1. The maximum atomic E-state index is 2.42. The first-order valence-electron chi connectivity index (χ1n) is 18.8. The molecule has 0 amide bonds. The highest BCUT2D eigenvalue weighted by Crippen LogP contribution is 2.47. The highest BCUT2D eigenvalue weighted by atomic mass is 15.1. The van der Waals surface area contributed by atoms with Crippen molar-refractivity contribution in [3.8, 4) is 0 Å². The Morgan fingerprint density at radius 1 is 0.480 bits per heavy atom. The van der Waals surface area contributed by atoms with Crippen molar-refractivity contribution in [1.29, 1.82) is 0 Å². The predicted molar refractivity (Wildman–Crippen MR) is 217 cm³/mol. The van der Waals surface area contributed by atoms with E-state index < -0.39 is 0 Å². The van der Waals surface area contributed by atoms with Crippen LogP contribution in [0, 0.1) is 26.7 Å². The Kier molecular flexibility index (Phi) is 11.1. The molecule has 0 saturated heterocycles. The van der Waals surface area contributed by atoms with Crippen LogP contribution < -0.4 is 9.80 Å². The number of benzene rings is 5. The fourth-order valence-electron chi connectivity index (χ4n) is 7.62. The van der Waals surface area contributed by atoms with Gasteiger partial charge in [-0.1, -0.05) is 130 Å². The lowest BCUT2D eigenvalue weighted by molar-refractivity contribution is 0.346. The monoisotopic (exact) mass is 658 g/mol. The van der Waals surface area contributed by atoms with Gasteiger partial charge < -0.3 is 9.80 Å². The average molecular weight is 659 g/mol. The van der Waals surface area contributed by atoms with Crippen LogP contribution in [0.1, 0.15) is 87.1 Å². The third-order valence-corrected chi connectivity index (χ3v) is 10.5. The molecule has 1 unspecified atom stereocenters. The van der Waals surface area contributed by atoms with Crippen molar-refractivity contribution in [2.45, 2.75) is 85.5 Å². The van der Waals surface area contributed by atoms with Crippen LogP contribution in [0.5, 0.6) is 0 Å². The maximum absolute atomic E-state index is 2.42. The molecule has 7 rings (SSSR count). The van der Waals surface area contributed by atoms with Crippen LogP contribution in [0.15, 0.2) is 145 Å². The third kappa shape index (κ3) is 7.50. The SMILES string of the molecule is CC.Cc1ccc(N(C2=CCC(C)C=C2)c2ccc(C3(c4ccc(N(c5ccc(C)cc5)c5ccc(C)cc5)cc4)CCCCC3)cc2)cc1. The molecule has 256 valence electrons. The number of allylic oxidation sites excluding steroid dienone is 3. The van der Waals surface area contributed by atoms with Gasteiger partial charge in [-0.3, -0.25) is 0 Å². The molecule has 2 aliphatic carbocycles. The number of hydrogen-bond donors (Lipinski definition) is 0. The second-order valence-corrected chi connectivity index (χ2v) is 14.1. The van der Waals surface area contributed by atoms with E-state index in [0.717, 1.165) is 6.42 Å².